The summed E-state index contributed by atoms with van der Waals surface area (Å²) in [5, 5.41) is 7.07. The van der Waals surface area contributed by atoms with Gasteiger partial charge in [0.1, 0.15) is 5.75 Å². The van der Waals surface area contributed by atoms with Crippen molar-refractivity contribution in [3.05, 3.63) is 60.2 Å². The molecule has 2 N–H and O–H groups in total. The molecule has 0 bridgehead atoms. The Labute approximate surface area is 137 Å². The number of anilines is 1. The van der Waals surface area contributed by atoms with Gasteiger partial charge in [-0.15, -0.1) is 0 Å². The molecule has 0 saturated carbocycles. The molecular formula is C18H22N2OS. The number of rotatable bonds is 5. The molecule has 1 atom stereocenters. The topological polar surface area (TPSA) is 33.3 Å². The molecule has 2 aromatic rings. The summed E-state index contributed by atoms with van der Waals surface area (Å²) in [5.74, 6) is 0.858. The lowest BCUT2D eigenvalue weighted by Crippen LogP contribution is -2.30. The van der Waals surface area contributed by atoms with Crippen molar-refractivity contribution in [1.82, 2.24) is 5.32 Å². The lowest BCUT2D eigenvalue weighted by molar-refractivity contribution is 0.242. The summed E-state index contributed by atoms with van der Waals surface area (Å²) in [5.41, 5.74) is 2.14. The van der Waals surface area contributed by atoms with E-state index in [0.717, 1.165) is 11.4 Å². The van der Waals surface area contributed by atoms with E-state index in [1.54, 1.807) is 0 Å². The van der Waals surface area contributed by atoms with Crippen LogP contribution in [-0.2, 0) is 0 Å². The molecule has 0 aliphatic carbocycles. The Kier molecular flexibility index (Phi) is 5.78. The zero-order valence-corrected chi connectivity index (χ0v) is 14.0. The van der Waals surface area contributed by atoms with Crippen LogP contribution in [0.15, 0.2) is 54.6 Å². The van der Waals surface area contributed by atoms with E-state index >= 15 is 0 Å². The van der Waals surface area contributed by atoms with Gasteiger partial charge in [-0.3, -0.25) is 0 Å². The van der Waals surface area contributed by atoms with Gasteiger partial charge in [0, 0.05) is 5.69 Å². The molecule has 0 amide bonds. The molecule has 22 heavy (non-hydrogen) atoms. The Bertz CT molecular complexity index is 596. The second kappa shape index (κ2) is 7.80. The Morgan fingerprint density at radius 1 is 0.955 bits per heavy atom. The van der Waals surface area contributed by atoms with Gasteiger partial charge in [0.2, 0.25) is 0 Å². The first kappa shape index (κ1) is 16.3. The largest absolute Gasteiger partial charge is 0.491 e. The average Bonchev–Trinajstić information content (AvgIpc) is 2.49. The molecule has 0 aliphatic heterocycles. The molecular weight excluding hydrogens is 292 g/mol. The Morgan fingerprint density at radius 2 is 1.59 bits per heavy atom. The SMILES string of the molecule is CC(C)Oc1ccc(NC(=S)N[C@H](C)c2ccccc2)cc1. The zero-order valence-electron chi connectivity index (χ0n) is 13.2. The van der Waals surface area contributed by atoms with Gasteiger partial charge in [0.15, 0.2) is 5.11 Å². The molecule has 0 unspecified atom stereocenters. The molecule has 3 nitrogen and oxygen atoms in total. The van der Waals surface area contributed by atoms with Crippen LogP contribution in [0.25, 0.3) is 0 Å². The summed E-state index contributed by atoms with van der Waals surface area (Å²) in [6.07, 6.45) is 0.174. The predicted octanol–water partition coefficient (Wildman–Crippen LogP) is 4.52. The van der Waals surface area contributed by atoms with E-state index < -0.39 is 0 Å². The van der Waals surface area contributed by atoms with Crippen LogP contribution in [0.5, 0.6) is 5.75 Å². The van der Waals surface area contributed by atoms with E-state index in [2.05, 4.69) is 29.7 Å². The maximum Gasteiger partial charge on any atom is 0.171 e. The van der Waals surface area contributed by atoms with Gasteiger partial charge in [-0.05, 0) is 62.8 Å². The minimum Gasteiger partial charge on any atom is -0.491 e. The summed E-state index contributed by atoms with van der Waals surface area (Å²) < 4.78 is 5.62. The summed E-state index contributed by atoms with van der Waals surface area (Å²) in [7, 11) is 0. The minimum atomic E-state index is 0.157. The van der Waals surface area contributed by atoms with E-state index in [1.807, 2.05) is 56.3 Å². The monoisotopic (exact) mass is 314 g/mol. The van der Waals surface area contributed by atoms with E-state index in [0.29, 0.717) is 5.11 Å². The standard InChI is InChI=1S/C18H22N2OS/c1-13(2)21-17-11-9-16(10-12-17)20-18(22)19-14(3)15-7-5-4-6-8-15/h4-14H,1-3H3,(H2,19,20,22)/t14-/m1/s1. The van der Waals surface area contributed by atoms with Crippen molar-refractivity contribution < 1.29 is 4.74 Å². The second-order valence-electron chi connectivity index (χ2n) is 5.42. The highest BCUT2D eigenvalue weighted by Crippen LogP contribution is 2.17. The molecule has 2 aromatic carbocycles. The van der Waals surface area contributed by atoms with E-state index in [4.69, 9.17) is 17.0 Å². The second-order valence-corrected chi connectivity index (χ2v) is 5.83. The van der Waals surface area contributed by atoms with Crippen molar-refractivity contribution in [3.8, 4) is 5.75 Å². The first-order valence-corrected chi connectivity index (χ1v) is 7.84. The van der Waals surface area contributed by atoms with Gasteiger partial charge < -0.3 is 15.4 Å². The summed E-state index contributed by atoms with van der Waals surface area (Å²) in [6, 6.07) is 18.2. The van der Waals surface area contributed by atoms with Gasteiger partial charge >= 0.3 is 0 Å². The smallest absolute Gasteiger partial charge is 0.171 e. The lowest BCUT2D eigenvalue weighted by Gasteiger charge is -2.17. The fourth-order valence-corrected chi connectivity index (χ4v) is 2.37. The number of nitrogens with one attached hydrogen (secondary N) is 2. The van der Waals surface area contributed by atoms with Crippen molar-refractivity contribution in [3.63, 3.8) is 0 Å². The molecule has 0 aliphatic rings. The van der Waals surface area contributed by atoms with Crippen molar-refractivity contribution in [1.29, 1.82) is 0 Å². The van der Waals surface area contributed by atoms with Crippen LogP contribution in [-0.4, -0.2) is 11.2 Å². The normalized spacial score (nSPS) is 11.8. The number of benzene rings is 2. The van der Waals surface area contributed by atoms with Crippen LogP contribution in [0, 0.1) is 0 Å². The molecule has 0 radical (unpaired) electrons. The fourth-order valence-electron chi connectivity index (χ4n) is 2.08. The molecule has 0 aromatic heterocycles. The summed E-state index contributed by atoms with van der Waals surface area (Å²) in [4.78, 5) is 0. The van der Waals surface area contributed by atoms with Crippen molar-refractivity contribution in [2.75, 3.05) is 5.32 Å². The fraction of sp³-hybridized carbons (Fsp3) is 0.278. The first-order valence-electron chi connectivity index (χ1n) is 7.44. The maximum absolute atomic E-state index is 5.62. The van der Waals surface area contributed by atoms with Gasteiger partial charge in [0.05, 0.1) is 12.1 Å². The Balaban J connectivity index is 1.89. The third-order valence-corrected chi connectivity index (χ3v) is 3.35. The number of hydrogen-bond acceptors (Lipinski definition) is 2. The minimum absolute atomic E-state index is 0.157. The van der Waals surface area contributed by atoms with Crippen LogP contribution >= 0.6 is 12.2 Å². The van der Waals surface area contributed by atoms with Gasteiger partial charge in [-0.1, -0.05) is 30.3 Å². The lowest BCUT2D eigenvalue weighted by atomic mass is 10.1. The summed E-state index contributed by atoms with van der Waals surface area (Å²) in [6.45, 7) is 6.11. The van der Waals surface area contributed by atoms with Gasteiger partial charge in [0.25, 0.3) is 0 Å². The zero-order chi connectivity index (χ0) is 15.9. The van der Waals surface area contributed by atoms with Gasteiger partial charge in [-0.25, -0.2) is 0 Å². The molecule has 4 heteroatoms. The number of ether oxygens (including phenoxy) is 1. The highest BCUT2D eigenvalue weighted by Gasteiger charge is 2.06. The Hall–Kier alpha value is -2.07. The van der Waals surface area contributed by atoms with Crippen molar-refractivity contribution >= 4 is 23.0 Å². The van der Waals surface area contributed by atoms with Crippen molar-refractivity contribution in [2.45, 2.75) is 32.9 Å². The molecule has 2 rings (SSSR count). The number of hydrogen-bond donors (Lipinski definition) is 2. The maximum atomic E-state index is 5.62. The molecule has 0 saturated heterocycles. The third kappa shape index (κ3) is 5.04. The van der Waals surface area contributed by atoms with Crippen LogP contribution < -0.4 is 15.4 Å². The predicted molar refractivity (Wildman–Crippen MR) is 96.4 cm³/mol. The van der Waals surface area contributed by atoms with Crippen LogP contribution in [0.3, 0.4) is 0 Å². The molecule has 0 spiro atoms. The van der Waals surface area contributed by atoms with E-state index in [9.17, 15) is 0 Å². The van der Waals surface area contributed by atoms with Crippen LogP contribution in [0.4, 0.5) is 5.69 Å². The first-order chi connectivity index (χ1) is 10.5. The van der Waals surface area contributed by atoms with E-state index in [1.165, 1.54) is 5.56 Å². The average molecular weight is 314 g/mol. The highest BCUT2D eigenvalue weighted by molar-refractivity contribution is 7.80. The highest BCUT2D eigenvalue weighted by atomic mass is 32.1. The Morgan fingerprint density at radius 3 is 2.18 bits per heavy atom. The van der Waals surface area contributed by atoms with Gasteiger partial charge in [-0.2, -0.15) is 0 Å². The molecule has 0 fully saturated rings. The van der Waals surface area contributed by atoms with Crippen molar-refractivity contribution in [2.24, 2.45) is 0 Å². The molecule has 116 valence electrons. The molecule has 0 heterocycles. The quantitative estimate of drug-likeness (QED) is 0.795. The number of thiocarbonyl (C=S) groups is 1. The van der Waals surface area contributed by atoms with Crippen LogP contribution in [0.2, 0.25) is 0 Å². The van der Waals surface area contributed by atoms with Crippen LogP contribution in [0.1, 0.15) is 32.4 Å². The third-order valence-electron chi connectivity index (χ3n) is 3.13. The summed E-state index contributed by atoms with van der Waals surface area (Å²) >= 11 is 5.36. The van der Waals surface area contributed by atoms with E-state index in [-0.39, 0.29) is 12.1 Å².